The number of hydrogen-bond acceptors (Lipinski definition) is 5. The number of benzene rings is 1. The predicted molar refractivity (Wildman–Crippen MR) is 96.8 cm³/mol. The van der Waals surface area contributed by atoms with Gasteiger partial charge in [0.15, 0.2) is 5.69 Å². The number of halogens is 1. The molecule has 136 valence electrons. The van der Waals surface area contributed by atoms with Gasteiger partial charge in [-0.2, -0.15) is 0 Å². The number of nitrogens with zero attached hydrogens (tertiary/aromatic N) is 3. The molecule has 0 bridgehead atoms. The smallest absolute Gasteiger partial charge is 0.273 e. The molecule has 0 saturated carbocycles. The number of aromatic nitrogens is 3. The van der Waals surface area contributed by atoms with E-state index < -0.39 is 0 Å². The quantitative estimate of drug-likeness (QED) is 0.728. The zero-order valence-corrected chi connectivity index (χ0v) is 14.9. The van der Waals surface area contributed by atoms with E-state index in [4.69, 9.17) is 4.74 Å². The van der Waals surface area contributed by atoms with Gasteiger partial charge in [0.2, 0.25) is 0 Å². The van der Waals surface area contributed by atoms with Crippen LogP contribution in [-0.4, -0.2) is 47.1 Å². The molecule has 1 saturated heterocycles. The highest BCUT2D eigenvalue weighted by molar-refractivity contribution is 5.91. The van der Waals surface area contributed by atoms with Crippen molar-refractivity contribution >= 4 is 18.3 Å². The summed E-state index contributed by atoms with van der Waals surface area (Å²) < 4.78 is 7.35. The van der Waals surface area contributed by atoms with Crippen molar-refractivity contribution < 1.29 is 9.53 Å². The van der Waals surface area contributed by atoms with Crippen LogP contribution in [0.3, 0.4) is 0 Å². The van der Waals surface area contributed by atoms with Gasteiger partial charge in [-0.25, -0.2) is 4.68 Å². The number of nitrogens with one attached hydrogen (secondary N) is 2. The Labute approximate surface area is 153 Å². The fraction of sp³-hybridized carbons (Fsp3) is 0.471. The lowest BCUT2D eigenvalue weighted by molar-refractivity contribution is 0.0896. The molecule has 0 aliphatic carbocycles. The Bertz CT molecular complexity index is 643. The highest BCUT2D eigenvalue weighted by Crippen LogP contribution is 2.16. The molecule has 0 spiro atoms. The van der Waals surface area contributed by atoms with Gasteiger partial charge in [-0.1, -0.05) is 35.5 Å². The fourth-order valence-electron chi connectivity index (χ4n) is 2.72. The molecule has 1 aromatic carbocycles. The maximum absolute atomic E-state index is 12.1. The average molecular weight is 366 g/mol. The third-order valence-corrected chi connectivity index (χ3v) is 4.07. The molecule has 2 heterocycles. The van der Waals surface area contributed by atoms with Crippen LogP contribution in [0, 0.1) is 0 Å². The molecule has 2 aromatic rings. The van der Waals surface area contributed by atoms with Gasteiger partial charge in [-0.15, -0.1) is 17.5 Å². The first-order chi connectivity index (χ1) is 11.8. The number of rotatable bonds is 7. The predicted octanol–water partition coefficient (Wildman–Crippen LogP) is 1.57. The summed E-state index contributed by atoms with van der Waals surface area (Å²) in [6, 6.07) is 10.3. The minimum Gasteiger partial charge on any atom is -0.375 e. The summed E-state index contributed by atoms with van der Waals surface area (Å²) in [7, 11) is 0. The van der Waals surface area contributed by atoms with Gasteiger partial charge >= 0.3 is 0 Å². The van der Waals surface area contributed by atoms with Crippen LogP contribution in [0.1, 0.15) is 34.9 Å². The van der Waals surface area contributed by atoms with Crippen LogP contribution >= 0.6 is 12.4 Å². The highest BCUT2D eigenvalue weighted by atomic mass is 35.5. The minimum atomic E-state index is -0.210. The first kappa shape index (κ1) is 19.4. The molecule has 1 aromatic heterocycles. The van der Waals surface area contributed by atoms with Gasteiger partial charge in [-0.3, -0.25) is 4.79 Å². The van der Waals surface area contributed by atoms with Crippen molar-refractivity contribution in [2.45, 2.75) is 25.5 Å². The van der Waals surface area contributed by atoms with Gasteiger partial charge in [0.05, 0.1) is 25.5 Å². The SMILES string of the molecule is Cl.O=C(NCCOCc1ccccc1)c1cn(C2CCNCC2)nn1. The molecule has 7 nitrogen and oxygen atoms in total. The molecule has 3 rings (SSSR count). The molecular weight excluding hydrogens is 342 g/mol. The van der Waals surface area contributed by atoms with Crippen LogP contribution in [0.5, 0.6) is 0 Å². The van der Waals surface area contributed by atoms with Gasteiger partial charge in [-0.05, 0) is 31.5 Å². The first-order valence-corrected chi connectivity index (χ1v) is 8.35. The summed E-state index contributed by atoms with van der Waals surface area (Å²) in [5, 5.41) is 14.2. The largest absolute Gasteiger partial charge is 0.375 e. The minimum absolute atomic E-state index is 0. The van der Waals surface area contributed by atoms with E-state index in [1.54, 1.807) is 6.20 Å². The van der Waals surface area contributed by atoms with Gasteiger partial charge in [0.25, 0.3) is 5.91 Å². The maximum Gasteiger partial charge on any atom is 0.273 e. The number of hydrogen-bond donors (Lipinski definition) is 2. The third-order valence-electron chi connectivity index (χ3n) is 4.07. The summed E-state index contributed by atoms with van der Waals surface area (Å²) in [5.41, 5.74) is 1.48. The molecule has 0 unspecified atom stereocenters. The van der Waals surface area contributed by atoms with E-state index in [1.807, 2.05) is 35.0 Å². The van der Waals surface area contributed by atoms with Crippen LogP contribution in [0.4, 0.5) is 0 Å². The Hall–Kier alpha value is -1.96. The first-order valence-electron chi connectivity index (χ1n) is 8.35. The van der Waals surface area contributed by atoms with Crippen molar-refractivity contribution in [3.8, 4) is 0 Å². The van der Waals surface area contributed by atoms with E-state index >= 15 is 0 Å². The summed E-state index contributed by atoms with van der Waals surface area (Å²) >= 11 is 0. The Morgan fingerprint density at radius 2 is 2.04 bits per heavy atom. The topological polar surface area (TPSA) is 81.1 Å². The number of carbonyl (C=O) groups excluding carboxylic acids is 1. The average Bonchev–Trinajstić information content (AvgIpc) is 3.13. The van der Waals surface area contributed by atoms with E-state index in [1.165, 1.54) is 0 Å². The lowest BCUT2D eigenvalue weighted by Crippen LogP contribution is -2.29. The number of amides is 1. The Kier molecular flexibility index (Phi) is 7.84. The molecule has 1 aliphatic rings. The summed E-state index contributed by atoms with van der Waals surface area (Å²) in [6.45, 7) is 3.41. The van der Waals surface area contributed by atoms with Crippen LogP contribution in [0.2, 0.25) is 0 Å². The van der Waals surface area contributed by atoms with Crippen LogP contribution in [0.15, 0.2) is 36.5 Å². The zero-order valence-electron chi connectivity index (χ0n) is 14.1. The molecule has 25 heavy (non-hydrogen) atoms. The zero-order chi connectivity index (χ0) is 16.6. The van der Waals surface area contributed by atoms with E-state index in [-0.39, 0.29) is 18.3 Å². The maximum atomic E-state index is 12.1. The number of ether oxygens (including phenoxy) is 1. The van der Waals surface area contributed by atoms with Crippen molar-refractivity contribution in [3.05, 3.63) is 47.8 Å². The van der Waals surface area contributed by atoms with Gasteiger partial charge in [0, 0.05) is 6.54 Å². The monoisotopic (exact) mass is 365 g/mol. The van der Waals surface area contributed by atoms with E-state index in [9.17, 15) is 4.79 Å². The Morgan fingerprint density at radius 1 is 1.28 bits per heavy atom. The van der Waals surface area contributed by atoms with Gasteiger partial charge < -0.3 is 15.4 Å². The van der Waals surface area contributed by atoms with Crippen molar-refractivity contribution in [1.82, 2.24) is 25.6 Å². The van der Waals surface area contributed by atoms with Gasteiger partial charge in [0.1, 0.15) is 0 Å². The molecule has 8 heteroatoms. The second kappa shape index (κ2) is 10.1. The molecule has 1 aliphatic heterocycles. The summed E-state index contributed by atoms with van der Waals surface area (Å²) in [5.74, 6) is -0.210. The van der Waals surface area contributed by atoms with E-state index in [0.717, 1.165) is 31.5 Å². The highest BCUT2D eigenvalue weighted by Gasteiger charge is 2.18. The lowest BCUT2D eigenvalue weighted by Gasteiger charge is -2.22. The van der Waals surface area contributed by atoms with Crippen molar-refractivity contribution in [1.29, 1.82) is 0 Å². The standard InChI is InChI=1S/C17H23N5O2.ClH/c23-17(19-10-11-24-13-14-4-2-1-3-5-14)16-12-22(21-20-16)15-6-8-18-9-7-15;/h1-5,12,15,18H,6-11,13H2,(H,19,23);1H. The van der Waals surface area contributed by atoms with Crippen LogP contribution in [-0.2, 0) is 11.3 Å². The second-order valence-electron chi connectivity index (χ2n) is 5.86. The lowest BCUT2D eigenvalue weighted by atomic mass is 10.1. The van der Waals surface area contributed by atoms with Crippen molar-refractivity contribution in [2.75, 3.05) is 26.2 Å². The third kappa shape index (κ3) is 5.81. The summed E-state index contributed by atoms with van der Waals surface area (Å²) in [4.78, 5) is 12.1. The summed E-state index contributed by atoms with van der Waals surface area (Å²) in [6.07, 6.45) is 3.76. The second-order valence-corrected chi connectivity index (χ2v) is 5.86. The van der Waals surface area contributed by atoms with Crippen molar-refractivity contribution in [3.63, 3.8) is 0 Å². The molecule has 1 amide bonds. The molecule has 0 radical (unpaired) electrons. The molecule has 0 atom stereocenters. The Morgan fingerprint density at radius 3 is 2.80 bits per heavy atom. The van der Waals surface area contributed by atoms with Crippen molar-refractivity contribution in [2.24, 2.45) is 0 Å². The fourth-order valence-corrected chi connectivity index (χ4v) is 2.72. The molecular formula is C17H24ClN5O2. The number of carbonyl (C=O) groups is 1. The van der Waals surface area contributed by atoms with E-state index in [0.29, 0.717) is 31.5 Å². The van der Waals surface area contributed by atoms with E-state index in [2.05, 4.69) is 20.9 Å². The van der Waals surface area contributed by atoms with Crippen LogP contribution in [0.25, 0.3) is 0 Å². The number of piperidine rings is 1. The molecule has 1 fully saturated rings. The Balaban J connectivity index is 0.00000225. The normalized spacial score (nSPS) is 14.7. The molecule has 2 N–H and O–H groups in total. The van der Waals surface area contributed by atoms with Crippen LogP contribution < -0.4 is 10.6 Å².